The van der Waals surface area contributed by atoms with Crippen molar-refractivity contribution in [3.8, 4) is 5.75 Å². The van der Waals surface area contributed by atoms with Gasteiger partial charge < -0.3 is 14.9 Å². The Kier molecular flexibility index (Phi) is 11.5. The van der Waals surface area contributed by atoms with Crippen LogP contribution in [0.3, 0.4) is 0 Å². The highest BCUT2D eigenvalue weighted by Crippen LogP contribution is 2.59. The molecule has 4 unspecified atom stereocenters. The number of ketones is 1. The average molecular weight is 788 g/mol. The molecule has 0 amide bonds. The van der Waals surface area contributed by atoms with Gasteiger partial charge >= 0.3 is 6.36 Å². The number of aliphatic hydroxyl groups is 2. The number of thiophene rings is 2. The van der Waals surface area contributed by atoms with Gasteiger partial charge in [-0.2, -0.15) is 4.31 Å². The molecular formula is C40H44F3NO6S3. The highest BCUT2D eigenvalue weighted by molar-refractivity contribution is 7.91. The molecule has 2 N–H and O–H groups in total. The number of halogens is 3. The molecule has 2 aromatic heterocycles. The second-order valence-electron chi connectivity index (χ2n) is 14.6. The Labute approximate surface area is 316 Å². The number of allylic oxidation sites excluding steroid dienone is 2. The minimum Gasteiger partial charge on any atom is -0.406 e. The smallest absolute Gasteiger partial charge is 0.406 e. The Morgan fingerprint density at radius 2 is 1.79 bits per heavy atom. The molecule has 1 saturated carbocycles. The van der Waals surface area contributed by atoms with E-state index in [1.807, 2.05) is 51.1 Å². The second kappa shape index (κ2) is 15.4. The lowest BCUT2D eigenvalue weighted by Gasteiger charge is -2.46. The number of carbonyl (C=O) groups is 1. The molecule has 13 heteroatoms. The molecule has 284 valence electrons. The van der Waals surface area contributed by atoms with Crippen LogP contribution < -0.4 is 4.74 Å². The van der Waals surface area contributed by atoms with E-state index in [0.29, 0.717) is 54.5 Å². The number of alkyl halides is 3. The van der Waals surface area contributed by atoms with Crippen LogP contribution in [0.25, 0.3) is 0 Å². The molecule has 0 saturated heterocycles. The van der Waals surface area contributed by atoms with Gasteiger partial charge in [0.2, 0.25) is 5.78 Å². The molecule has 4 aromatic rings. The number of benzene rings is 2. The lowest BCUT2D eigenvalue weighted by atomic mass is 9.65. The lowest BCUT2D eigenvalue weighted by Crippen LogP contribution is -2.53. The predicted octanol–water partition coefficient (Wildman–Crippen LogP) is 9.18. The molecule has 0 spiro atoms. The molecule has 1 fully saturated rings. The highest BCUT2D eigenvalue weighted by atomic mass is 32.2. The lowest BCUT2D eigenvalue weighted by molar-refractivity contribution is -0.274. The van der Waals surface area contributed by atoms with Crippen LogP contribution in [0.4, 0.5) is 13.2 Å². The summed E-state index contributed by atoms with van der Waals surface area (Å²) in [5.74, 6) is -0.881. The Hall–Kier alpha value is -3.33. The Morgan fingerprint density at radius 3 is 2.45 bits per heavy atom. The summed E-state index contributed by atoms with van der Waals surface area (Å²) < 4.78 is 72.5. The summed E-state index contributed by atoms with van der Waals surface area (Å²) in [6.07, 6.45) is 0.0976. The third kappa shape index (κ3) is 8.66. The van der Waals surface area contributed by atoms with E-state index in [-0.39, 0.29) is 35.4 Å². The normalized spacial score (nSPS) is 24.1. The first-order valence-corrected chi connectivity index (χ1v) is 20.8. The fraction of sp³-hybridized carbons (Fsp3) is 0.425. The van der Waals surface area contributed by atoms with Gasteiger partial charge in [0.15, 0.2) is 0 Å². The van der Waals surface area contributed by atoms with Gasteiger partial charge in [-0.25, -0.2) is 8.42 Å². The predicted molar refractivity (Wildman–Crippen MR) is 201 cm³/mol. The second-order valence-corrected chi connectivity index (χ2v) is 19.0. The molecule has 2 aromatic carbocycles. The van der Waals surface area contributed by atoms with E-state index in [1.54, 1.807) is 11.4 Å². The van der Waals surface area contributed by atoms with Crippen LogP contribution in [0.2, 0.25) is 0 Å². The van der Waals surface area contributed by atoms with E-state index in [2.05, 4.69) is 10.8 Å². The van der Waals surface area contributed by atoms with Crippen molar-refractivity contribution in [2.75, 3.05) is 6.54 Å². The molecule has 7 nitrogen and oxygen atoms in total. The summed E-state index contributed by atoms with van der Waals surface area (Å²) in [4.78, 5) is 15.8. The standard InChI is InChI=1S/C40H44F3NO6S3/c1-26-6-4-19-38(3)34(32-16-12-29(22-30(45)13-8-26)23-33(32)37(46)35-17-9-27(2)52-35)18-20-39(38,47)25-44(53(48,49)36-7-5-21-51-36)24-28-10-14-31(15-11-28)50-40(41,42)43/h5-7,9-12,14-17,21,23,30,34,45,47H,4,8,13,18-20,22,24-25H2,1-3H3. The van der Waals surface area contributed by atoms with Gasteiger partial charge in [0.25, 0.3) is 10.0 Å². The molecule has 3 aliphatic carbocycles. The molecule has 53 heavy (non-hydrogen) atoms. The number of hydrogen-bond acceptors (Lipinski definition) is 8. The summed E-state index contributed by atoms with van der Waals surface area (Å²) in [5, 5.41) is 25.5. The number of fused-ring (bicyclic) bond motifs is 8. The fourth-order valence-corrected chi connectivity index (χ4v) is 11.4. The van der Waals surface area contributed by atoms with Crippen molar-refractivity contribution in [2.45, 2.75) is 100 Å². The quantitative estimate of drug-likeness (QED) is 0.130. The van der Waals surface area contributed by atoms with E-state index in [0.717, 1.165) is 45.0 Å². The monoisotopic (exact) mass is 787 g/mol. The van der Waals surface area contributed by atoms with Crippen molar-refractivity contribution >= 4 is 38.5 Å². The van der Waals surface area contributed by atoms with Crippen molar-refractivity contribution in [1.82, 2.24) is 4.31 Å². The van der Waals surface area contributed by atoms with Crippen LogP contribution >= 0.6 is 22.7 Å². The summed E-state index contributed by atoms with van der Waals surface area (Å²) in [6, 6.07) is 17.7. The van der Waals surface area contributed by atoms with Crippen LogP contribution in [-0.2, 0) is 23.0 Å². The minimum absolute atomic E-state index is 0.0827. The SMILES string of the molecule is CC1=CCCC2(C)C(CCC2(O)CN(Cc2ccc(OC(F)(F)F)cc2)S(=O)(=O)c2cccs2)c2ccc(cc2C(=O)c2ccc(C)s2)CC(O)CC1. The third-order valence-corrected chi connectivity index (χ3v) is 15.1. The summed E-state index contributed by atoms with van der Waals surface area (Å²) in [6.45, 7) is 5.47. The number of sulfonamides is 1. The largest absolute Gasteiger partial charge is 0.573 e. The number of nitrogens with zero attached hydrogens (tertiary/aromatic N) is 1. The highest BCUT2D eigenvalue weighted by Gasteiger charge is 2.58. The van der Waals surface area contributed by atoms with E-state index in [1.165, 1.54) is 33.8 Å². The summed E-state index contributed by atoms with van der Waals surface area (Å²) >= 11 is 2.46. The van der Waals surface area contributed by atoms with Crippen LogP contribution in [-0.4, -0.2) is 53.3 Å². The van der Waals surface area contributed by atoms with Crippen LogP contribution in [0.15, 0.2) is 88.0 Å². The Bertz CT molecular complexity index is 2060. The first-order chi connectivity index (χ1) is 25.0. The maximum absolute atomic E-state index is 14.3. The molecule has 0 aliphatic heterocycles. The first-order valence-electron chi connectivity index (χ1n) is 17.7. The van der Waals surface area contributed by atoms with Gasteiger partial charge in [0, 0.05) is 28.9 Å². The number of ether oxygens (including phenoxy) is 1. The molecular weight excluding hydrogens is 744 g/mol. The zero-order valence-electron chi connectivity index (χ0n) is 29.9. The zero-order chi connectivity index (χ0) is 38.2. The van der Waals surface area contributed by atoms with Gasteiger partial charge in [-0.15, -0.1) is 35.8 Å². The van der Waals surface area contributed by atoms with Crippen LogP contribution in [0.5, 0.6) is 5.75 Å². The Balaban J connectivity index is 1.43. The minimum atomic E-state index is -4.87. The van der Waals surface area contributed by atoms with Gasteiger partial charge in [-0.1, -0.05) is 48.9 Å². The third-order valence-electron chi connectivity index (χ3n) is 10.9. The van der Waals surface area contributed by atoms with Crippen molar-refractivity contribution in [2.24, 2.45) is 5.41 Å². The van der Waals surface area contributed by atoms with E-state index in [4.69, 9.17) is 0 Å². The van der Waals surface area contributed by atoms with Crippen molar-refractivity contribution in [3.05, 3.63) is 116 Å². The number of hydrogen-bond donors (Lipinski definition) is 2. The number of aryl methyl sites for hydroxylation is 1. The van der Waals surface area contributed by atoms with Gasteiger partial charge in [0.05, 0.1) is 16.6 Å². The topological polar surface area (TPSA) is 104 Å². The zero-order valence-corrected chi connectivity index (χ0v) is 32.3. The van der Waals surface area contributed by atoms with Crippen LogP contribution in [0, 0.1) is 12.3 Å². The molecule has 0 radical (unpaired) electrons. The van der Waals surface area contributed by atoms with E-state index < -0.39 is 39.3 Å². The number of aliphatic hydroxyl groups excluding tert-OH is 1. The summed E-state index contributed by atoms with van der Waals surface area (Å²) in [7, 11) is -4.16. The molecule has 2 bridgehead atoms. The van der Waals surface area contributed by atoms with E-state index in [9.17, 15) is 36.6 Å². The van der Waals surface area contributed by atoms with Gasteiger partial charge in [-0.05, 0) is 123 Å². The first kappa shape index (κ1) is 39.4. The van der Waals surface area contributed by atoms with Gasteiger partial charge in [-0.3, -0.25) is 4.79 Å². The number of rotatable bonds is 9. The average Bonchev–Trinajstić information content (AvgIpc) is 3.84. The van der Waals surface area contributed by atoms with Crippen molar-refractivity contribution in [1.29, 1.82) is 0 Å². The molecule has 2 heterocycles. The number of carbonyl (C=O) groups excluding carboxylic acids is 1. The van der Waals surface area contributed by atoms with Gasteiger partial charge in [0.1, 0.15) is 9.96 Å². The van der Waals surface area contributed by atoms with Crippen molar-refractivity contribution < 1.29 is 41.3 Å². The summed E-state index contributed by atoms with van der Waals surface area (Å²) in [5.41, 5.74) is 1.20. The van der Waals surface area contributed by atoms with Crippen molar-refractivity contribution in [3.63, 3.8) is 0 Å². The van der Waals surface area contributed by atoms with E-state index >= 15 is 0 Å². The molecule has 3 aliphatic rings. The van der Waals surface area contributed by atoms with Crippen LogP contribution in [0.1, 0.15) is 95.1 Å². The molecule has 4 atom stereocenters. The Morgan fingerprint density at radius 1 is 1.04 bits per heavy atom. The maximum Gasteiger partial charge on any atom is 0.573 e. The fourth-order valence-electron chi connectivity index (χ4n) is 7.94. The maximum atomic E-state index is 14.3. The molecule has 7 rings (SSSR count).